The number of carbonyl (C=O) groups is 1. The molecule has 2 aromatic rings. The number of amides is 1. The average molecular weight is 615 g/mol. The number of hydrogen-bond donors (Lipinski definition) is 2. The average Bonchev–Trinajstić information content (AvgIpc) is 3.08. The summed E-state index contributed by atoms with van der Waals surface area (Å²) in [7, 11) is -3.87. The molecule has 9 heteroatoms. The Morgan fingerprint density at radius 2 is 2.02 bits per heavy atom. The molecule has 0 radical (unpaired) electrons. The topological polar surface area (TPSA) is 95.9 Å². The number of nitrogens with zero attached hydrogens (tertiary/aromatic N) is 1. The first-order valence-electron chi connectivity index (χ1n) is 14.8. The molecule has 3 aliphatic rings. The molecular formula is C33H43ClN2O5S. The van der Waals surface area contributed by atoms with Gasteiger partial charge >= 0.3 is 0 Å². The van der Waals surface area contributed by atoms with Crippen molar-refractivity contribution in [1.82, 2.24) is 4.72 Å². The van der Waals surface area contributed by atoms with E-state index >= 15 is 0 Å². The molecule has 2 aromatic carbocycles. The summed E-state index contributed by atoms with van der Waals surface area (Å²) in [5.41, 5.74) is 3.22. The number of aryl methyl sites for hydroxylation is 1. The van der Waals surface area contributed by atoms with Crippen LogP contribution < -0.4 is 14.4 Å². The third-order valence-electron chi connectivity index (χ3n) is 9.40. The predicted octanol–water partition coefficient (Wildman–Crippen LogP) is 6.05. The summed E-state index contributed by atoms with van der Waals surface area (Å²) in [6.07, 6.45) is 8.55. The monoisotopic (exact) mass is 614 g/mol. The number of aliphatic hydroxyl groups is 1. The van der Waals surface area contributed by atoms with Gasteiger partial charge in [0.15, 0.2) is 0 Å². The lowest BCUT2D eigenvalue weighted by atomic mass is 9.68. The van der Waals surface area contributed by atoms with E-state index in [1.54, 1.807) is 31.2 Å². The fourth-order valence-electron chi connectivity index (χ4n) is 6.86. The molecule has 42 heavy (non-hydrogen) atoms. The minimum Gasteiger partial charge on any atom is -0.490 e. The lowest BCUT2D eigenvalue weighted by molar-refractivity contribution is 0.0178. The van der Waals surface area contributed by atoms with Crippen molar-refractivity contribution in [3.05, 3.63) is 83.4 Å². The molecule has 228 valence electrons. The van der Waals surface area contributed by atoms with Crippen LogP contribution in [0.1, 0.15) is 68.4 Å². The molecule has 1 amide bonds. The molecule has 1 aliphatic heterocycles. The molecule has 0 aromatic heterocycles. The van der Waals surface area contributed by atoms with Crippen molar-refractivity contribution in [3.8, 4) is 5.75 Å². The van der Waals surface area contributed by atoms with Gasteiger partial charge in [0.1, 0.15) is 5.75 Å². The molecule has 2 aliphatic carbocycles. The van der Waals surface area contributed by atoms with Crippen LogP contribution in [0, 0.1) is 11.8 Å². The maximum absolute atomic E-state index is 13.2. The predicted molar refractivity (Wildman–Crippen MR) is 170 cm³/mol. The standard InChI is InChI=1S/C33H41ClN2O5S.H2/c1-4-7-22(3)42(39,40)35-32(38)24-11-15-31-29(18-24)36(19-25-10-13-27(25)30(37)8-5-2)20-33(21-41-31)16-6-9-23-17-26(34)12-14-28(23)33;/h4-5,11-12,14-15,17-18,22,25,27,30,37H,1-2,6-10,13,16,19-21H2,3H3,(H,35,38);1H/t22-,25+,27-,30+,33+;/m1./s1. The number of sulfonamides is 1. The lowest BCUT2D eigenvalue weighted by Crippen LogP contribution is -2.49. The first-order chi connectivity index (χ1) is 20.1. The minimum absolute atomic E-state index is 0. The zero-order valence-electron chi connectivity index (χ0n) is 24.2. The van der Waals surface area contributed by atoms with Gasteiger partial charge in [-0.1, -0.05) is 29.8 Å². The molecule has 0 saturated heterocycles. The van der Waals surface area contributed by atoms with E-state index in [4.69, 9.17) is 16.3 Å². The molecule has 1 saturated carbocycles. The van der Waals surface area contributed by atoms with E-state index in [1.165, 1.54) is 17.2 Å². The molecular weight excluding hydrogens is 572 g/mol. The van der Waals surface area contributed by atoms with Crippen molar-refractivity contribution in [2.24, 2.45) is 11.8 Å². The van der Waals surface area contributed by atoms with E-state index < -0.39 is 27.3 Å². The third-order valence-corrected chi connectivity index (χ3v) is 11.4. The summed E-state index contributed by atoms with van der Waals surface area (Å²) in [5.74, 6) is 0.434. The highest BCUT2D eigenvalue weighted by molar-refractivity contribution is 7.90. The van der Waals surface area contributed by atoms with Gasteiger partial charge in [0.2, 0.25) is 10.0 Å². The molecule has 5 rings (SSSR count). The Morgan fingerprint density at radius 3 is 2.74 bits per heavy atom. The third kappa shape index (κ3) is 6.12. The normalized spacial score (nSPS) is 24.7. The van der Waals surface area contributed by atoms with Gasteiger partial charge in [-0.25, -0.2) is 13.1 Å². The Labute approximate surface area is 256 Å². The fourth-order valence-corrected chi connectivity index (χ4v) is 8.02. The molecule has 0 bridgehead atoms. The molecule has 1 spiro atoms. The number of ether oxygens (including phenoxy) is 1. The van der Waals surface area contributed by atoms with Gasteiger partial charge in [-0.2, -0.15) is 0 Å². The van der Waals surface area contributed by atoms with Crippen LogP contribution in [0.4, 0.5) is 5.69 Å². The number of benzene rings is 2. The second-order valence-corrected chi connectivity index (χ2v) is 14.7. The quantitative estimate of drug-likeness (QED) is 0.317. The lowest BCUT2D eigenvalue weighted by Gasteiger charge is -2.45. The number of carbonyl (C=O) groups excluding carboxylic acids is 1. The van der Waals surface area contributed by atoms with Crippen molar-refractivity contribution in [3.63, 3.8) is 0 Å². The first kappa shape index (κ1) is 30.6. The van der Waals surface area contributed by atoms with Gasteiger partial charge < -0.3 is 14.7 Å². The number of nitrogens with one attached hydrogen (secondary N) is 1. The molecule has 0 unspecified atom stereocenters. The highest BCUT2D eigenvalue weighted by atomic mass is 35.5. The van der Waals surface area contributed by atoms with Crippen LogP contribution in [-0.4, -0.2) is 50.5 Å². The van der Waals surface area contributed by atoms with E-state index in [1.807, 2.05) is 6.07 Å². The molecule has 5 atom stereocenters. The van der Waals surface area contributed by atoms with E-state index in [9.17, 15) is 18.3 Å². The number of hydrogen-bond acceptors (Lipinski definition) is 6. The maximum Gasteiger partial charge on any atom is 0.264 e. The Morgan fingerprint density at radius 1 is 1.24 bits per heavy atom. The summed E-state index contributed by atoms with van der Waals surface area (Å²) in [6, 6.07) is 11.3. The van der Waals surface area contributed by atoms with Gasteiger partial charge in [0, 0.05) is 30.5 Å². The summed E-state index contributed by atoms with van der Waals surface area (Å²) in [6.45, 7) is 10.8. The van der Waals surface area contributed by atoms with Crippen LogP contribution >= 0.6 is 11.6 Å². The van der Waals surface area contributed by atoms with Crippen molar-refractivity contribution >= 4 is 33.2 Å². The van der Waals surface area contributed by atoms with Crippen LogP contribution in [0.2, 0.25) is 5.02 Å². The van der Waals surface area contributed by atoms with E-state index in [0.29, 0.717) is 31.9 Å². The Balaban J connectivity index is 0.00000423. The van der Waals surface area contributed by atoms with Gasteiger partial charge in [-0.3, -0.25) is 4.79 Å². The first-order valence-corrected chi connectivity index (χ1v) is 16.8. The molecule has 1 fully saturated rings. The highest BCUT2D eigenvalue weighted by Crippen LogP contribution is 2.46. The number of halogens is 1. The van der Waals surface area contributed by atoms with Crippen molar-refractivity contribution < 1.29 is 24.5 Å². The fraction of sp³-hybridized carbons (Fsp3) is 0.485. The molecule has 7 nitrogen and oxygen atoms in total. The van der Waals surface area contributed by atoms with Gasteiger partial charge in [0.25, 0.3) is 5.91 Å². The number of allylic oxidation sites excluding steroid dienone is 1. The highest BCUT2D eigenvalue weighted by Gasteiger charge is 2.44. The van der Waals surface area contributed by atoms with Crippen LogP contribution in [0.15, 0.2) is 61.7 Å². The Hall–Kier alpha value is -2.81. The van der Waals surface area contributed by atoms with E-state index in [2.05, 4.69) is 34.9 Å². The van der Waals surface area contributed by atoms with Gasteiger partial charge in [-0.05, 0) is 105 Å². The van der Waals surface area contributed by atoms with Crippen LogP contribution in [-0.2, 0) is 21.9 Å². The number of fused-ring (bicyclic) bond motifs is 3. The maximum atomic E-state index is 13.2. The summed E-state index contributed by atoms with van der Waals surface area (Å²) < 4.78 is 34.2. The van der Waals surface area contributed by atoms with Crippen molar-refractivity contribution in [2.75, 3.05) is 24.6 Å². The van der Waals surface area contributed by atoms with Crippen LogP contribution in [0.3, 0.4) is 0 Å². The van der Waals surface area contributed by atoms with E-state index in [-0.39, 0.29) is 30.7 Å². The Bertz CT molecular complexity index is 1470. The molecule has 2 N–H and O–H groups in total. The SMILES string of the molecule is C=CC[C@@H](C)S(=O)(=O)NC(=O)c1ccc2c(c1)N(C[C@@H]1CC[C@H]1[C@@H](O)CC=C)C[C@@]1(CCCc3cc(Cl)ccc31)CO2.[HH]. The minimum atomic E-state index is -3.87. The number of rotatable bonds is 10. The summed E-state index contributed by atoms with van der Waals surface area (Å²) in [5, 5.41) is 10.7. The van der Waals surface area contributed by atoms with Crippen molar-refractivity contribution in [1.29, 1.82) is 0 Å². The second-order valence-electron chi connectivity index (χ2n) is 12.2. The second kappa shape index (κ2) is 12.4. The van der Waals surface area contributed by atoms with Crippen molar-refractivity contribution in [2.45, 2.75) is 68.6 Å². The van der Waals surface area contributed by atoms with E-state index in [0.717, 1.165) is 42.8 Å². The van der Waals surface area contributed by atoms with Gasteiger partial charge in [-0.15, -0.1) is 13.2 Å². The zero-order chi connectivity index (χ0) is 30.1. The summed E-state index contributed by atoms with van der Waals surface area (Å²) >= 11 is 6.38. The van der Waals surface area contributed by atoms with Crippen LogP contribution in [0.25, 0.3) is 0 Å². The number of anilines is 1. The zero-order valence-corrected chi connectivity index (χ0v) is 25.8. The summed E-state index contributed by atoms with van der Waals surface area (Å²) in [4.78, 5) is 15.5. The largest absolute Gasteiger partial charge is 0.490 e. The molecule has 1 heterocycles. The van der Waals surface area contributed by atoms with Crippen LogP contribution in [0.5, 0.6) is 5.75 Å². The number of aliphatic hydroxyl groups excluding tert-OH is 1. The van der Waals surface area contributed by atoms with Gasteiger partial charge in [0.05, 0.1) is 23.6 Å². The Kier molecular flexibility index (Phi) is 9.07. The smallest absolute Gasteiger partial charge is 0.264 e.